The van der Waals surface area contributed by atoms with E-state index >= 15 is 0 Å². The molecule has 0 radical (unpaired) electrons. The zero-order valence-corrected chi connectivity index (χ0v) is 15.4. The molecule has 138 valence electrons. The second-order valence-corrected chi connectivity index (χ2v) is 7.32. The maximum absolute atomic E-state index is 12.8. The molecule has 1 saturated heterocycles. The van der Waals surface area contributed by atoms with E-state index in [2.05, 4.69) is 34.2 Å². The normalized spacial score (nSPS) is 23.1. The van der Waals surface area contributed by atoms with Crippen LogP contribution in [0.15, 0.2) is 24.3 Å². The molecule has 1 aromatic carbocycles. The Bertz CT molecular complexity index is 762. The van der Waals surface area contributed by atoms with Gasteiger partial charge in [0.25, 0.3) is 0 Å². The first-order valence-corrected chi connectivity index (χ1v) is 9.53. The fraction of sp³-hybridized carbons (Fsp3) is 0.550. The number of hydrogen-bond acceptors (Lipinski definition) is 4. The predicted molar refractivity (Wildman–Crippen MR) is 98.2 cm³/mol. The van der Waals surface area contributed by atoms with E-state index < -0.39 is 0 Å². The molecule has 2 aliphatic rings. The molecule has 0 spiro atoms. The molecule has 1 N–H and O–H groups in total. The fourth-order valence-corrected chi connectivity index (χ4v) is 3.93. The average molecular weight is 354 g/mol. The van der Waals surface area contributed by atoms with Crippen molar-refractivity contribution >= 4 is 5.91 Å². The second-order valence-electron chi connectivity index (χ2n) is 7.32. The Kier molecular flexibility index (Phi) is 4.66. The monoisotopic (exact) mass is 354 g/mol. The van der Waals surface area contributed by atoms with Gasteiger partial charge in [0.2, 0.25) is 5.91 Å². The number of benzene rings is 1. The molecule has 2 heterocycles. The molecule has 0 bridgehead atoms. The predicted octanol–water partition coefficient (Wildman–Crippen LogP) is 2.89. The molecular formula is C20H26N4O2. The number of carbonyl (C=O) groups is 1. The minimum atomic E-state index is 0.148. The van der Waals surface area contributed by atoms with Crippen molar-refractivity contribution in [2.45, 2.75) is 44.4 Å². The highest BCUT2D eigenvalue weighted by molar-refractivity contribution is 5.83. The highest BCUT2D eigenvalue weighted by Crippen LogP contribution is 2.49. The summed E-state index contributed by atoms with van der Waals surface area (Å²) in [5.41, 5.74) is 1.24. The van der Waals surface area contributed by atoms with Crippen molar-refractivity contribution in [2.75, 3.05) is 20.2 Å². The van der Waals surface area contributed by atoms with Gasteiger partial charge in [-0.05, 0) is 42.9 Å². The zero-order chi connectivity index (χ0) is 18.1. The quantitative estimate of drug-likeness (QED) is 0.896. The van der Waals surface area contributed by atoms with Crippen LogP contribution in [-0.2, 0) is 11.2 Å². The first-order valence-electron chi connectivity index (χ1n) is 9.53. The molecule has 6 nitrogen and oxygen atoms in total. The molecule has 1 aromatic heterocycles. The topological polar surface area (TPSA) is 71.1 Å². The minimum absolute atomic E-state index is 0.148. The zero-order valence-electron chi connectivity index (χ0n) is 15.4. The van der Waals surface area contributed by atoms with Gasteiger partial charge in [0.1, 0.15) is 11.6 Å². The smallest absolute Gasteiger partial charge is 0.226 e. The number of piperidine rings is 1. The summed E-state index contributed by atoms with van der Waals surface area (Å²) >= 11 is 0. The number of rotatable bonds is 5. The van der Waals surface area contributed by atoms with Crippen LogP contribution in [-0.4, -0.2) is 46.2 Å². The van der Waals surface area contributed by atoms with Crippen LogP contribution >= 0.6 is 0 Å². The second kappa shape index (κ2) is 7.09. The summed E-state index contributed by atoms with van der Waals surface area (Å²) in [6, 6.07) is 8.11. The van der Waals surface area contributed by atoms with E-state index in [1.807, 2.05) is 17.0 Å². The van der Waals surface area contributed by atoms with Gasteiger partial charge in [0.15, 0.2) is 5.82 Å². The van der Waals surface area contributed by atoms with E-state index in [0.29, 0.717) is 17.7 Å². The number of methoxy groups -OCH3 is 1. The lowest BCUT2D eigenvalue weighted by molar-refractivity contribution is -0.133. The van der Waals surface area contributed by atoms with Crippen LogP contribution in [0.1, 0.15) is 55.2 Å². The first kappa shape index (κ1) is 17.1. The van der Waals surface area contributed by atoms with E-state index in [1.165, 1.54) is 5.56 Å². The SMILES string of the molecule is CCc1nc(C2CCN(C(=O)[C@@H]3C[C@H]3c3ccc(OC)cc3)CC2)n[nH]1. The molecular weight excluding hydrogens is 328 g/mol. The lowest BCUT2D eigenvalue weighted by atomic mass is 9.95. The Morgan fingerprint density at radius 2 is 2.00 bits per heavy atom. The number of aromatic nitrogens is 3. The van der Waals surface area contributed by atoms with Gasteiger partial charge in [0.05, 0.1) is 7.11 Å². The molecule has 1 aliphatic carbocycles. The van der Waals surface area contributed by atoms with Crippen molar-refractivity contribution in [3.63, 3.8) is 0 Å². The van der Waals surface area contributed by atoms with Crippen molar-refractivity contribution in [3.8, 4) is 5.75 Å². The summed E-state index contributed by atoms with van der Waals surface area (Å²) in [5, 5.41) is 7.34. The van der Waals surface area contributed by atoms with Gasteiger partial charge in [-0.25, -0.2) is 4.98 Å². The number of nitrogens with one attached hydrogen (secondary N) is 1. The number of nitrogens with zero attached hydrogens (tertiary/aromatic N) is 3. The number of aromatic amines is 1. The molecule has 26 heavy (non-hydrogen) atoms. The van der Waals surface area contributed by atoms with Gasteiger partial charge in [-0.15, -0.1) is 0 Å². The van der Waals surface area contributed by atoms with Crippen LogP contribution in [0.25, 0.3) is 0 Å². The lowest BCUT2D eigenvalue weighted by Crippen LogP contribution is -2.39. The summed E-state index contributed by atoms with van der Waals surface area (Å²) in [6.45, 7) is 3.69. The Hall–Kier alpha value is -2.37. The Balaban J connectivity index is 1.31. The summed E-state index contributed by atoms with van der Waals surface area (Å²) in [7, 11) is 1.67. The number of hydrogen-bond donors (Lipinski definition) is 1. The number of H-pyrrole nitrogens is 1. The summed E-state index contributed by atoms with van der Waals surface area (Å²) in [6.07, 6.45) is 3.74. The highest BCUT2D eigenvalue weighted by atomic mass is 16.5. The van der Waals surface area contributed by atoms with Gasteiger partial charge < -0.3 is 9.64 Å². The van der Waals surface area contributed by atoms with E-state index in [1.54, 1.807) is 7.11 Å². The van der Waals surface area contributed by atoms with Gasteiger partial charge in [0, 0.05) is 31.3 Å². The molecule has 4 rings (SSSR count). The molecule has 2 atom stereocenters. The number of likely N-dealkylation sites (tertiary alicyclic amines) is 1. The number of ether oxygens (including phenoxy) is 1. The number of amides is 1. The van der Waals surface area contributed by atoms with E-state index in [0.717, 1.165) is 56.2 Å². The summed E-state index contributed by atoms with van der Waals surface area (Å²) < 4.78 is 5.21. The van der Waals surface area contributed by atoms with Gasteiger partial charge in [-0.3, -0.25) is 9.89 Å². The van der Waals surface area contributed by atoms with Crippen LogP contribution in [0.3, 0.4) is 0 Å². The Labute approximate surface area is 154 Å². The molecule has 1 aliphatic heterocycles. The molecule has 1 saturated carbocycles. The van der Waals surface area contributed by atoms with Crippen molar-refractivity contribution < 1.29 is 9.53 Å². The molecule has 1 amide bonds. The highest BCUT2D eigenvalue weighted by Gasteiger charge is 2.46. The summed E-state index contributed by atoms with van der Waals surface area (Å²) in [5.74, 6) is 3.91. The van der Waals surface area contributed by atoms with E-state index in [4.69, 9.17) is 4.74 Å². The van der Waals surface area contributed by atoms with Gasteiger partial charge in [-0.1, -0.05) is 19.1 Å². The van der Waals surface area contributed by atoms with Crippen molar-refractivity contribution in [3.05, 3.63) is 41.5 Å². The lowest BCUT2D eigenvalue weighted by Gasteiger charge is -2.31. The molecule has 2 aromatic rings. The van der Waals surface area contributed by atoms with E-state index in [9.17, 15) is 4.79 Å². The molecule has 0 unspecified atom stereocenters. The van der Waals surface area contributed by atoms with Crippen LogP contribution in [0, 0.1) is 5.92 Å². The van der Waals surface area contributed by atoms with E-state index in [-0.39, 0.29) is 5.92 Å². The maximum atomic E-state index is 12.8. The molecule has 6 heteroatoms. The third-order valence-electron chi connectivity index (χ3n) is 5.71. The van der Waals surface area contributed by atoms with Crippen LogP contribution in [0.4, 0.5) is 0 Å². The molecule has 2 fully saturated rings. The fourth-order valence-electron chi connectivity index (χ4n) is 3.93. The first-order chi connectivity index (χ1) is 12.7. The third kappa shape index (κ3) is 3.32. The Morgan fingerprint density at radius 3 is 2.62 bits per heavy atom. The number of aryl methyl sites for hydroxylation is 1. The van der Waals surface area contributed by atoms with Gasteiger partial charge in [-0.2, -0.15) is 5.10 Å². The number of carbonyl (C=O) groups excluding carboxylic acids is 1. The largest absolute Gasteiger partial charge is 0.497 e. The van der Waals surface area contributed by atoms with Crippen LogP contribution in [0.5, 0.6) is 5.75 Å². The van der Waals surface area contributed by atoms with Gasteiger partial charge >= 0.3 is 0 Å². The van der Waals surface area contributed by atoms with Crippen molar-refractivity contribution in [1.29, 1.82) is 0 Å². The van der Waals surface area contributed by atoms with Crippen LogP contribution < -0.4 is 4.74 Å². The van der Waals surface area contributed by atoms with Crippen LogP contribution in [0.2, 0.25) is 0 Å². The standard InChI is InChI=1S/C20H26N4O2/c1-3-18-21-19(23-22-18)14-8-10-24(11-9-14)20(25)17-12-16(17)13-4-6-15(26-2)7-5-13/h4-7,14,16-17H,3,8-12H2,1-2H3,(H,21,22,23)/t16-,17+/m0/s1. The Morgan fingerprint density at radius 1 is 1.27 bits per heavy atom. The minimum Gasteiger partial charge on any atom is -0.497 e. The van der Waals surface area contributed by atoms with Crippen molar-refractivity contribution in [1.82, 2.24) is 20.1 Å². The summed E-state index contributed by atoms with van der Waals surface area (Å²) in [4.78, 5) is 19.4. The van der Waals surface area contributed by atoms with Crippen molar-refractivity contribution in [2.24, 2.45) is 5.92 Å². The average Bonchev–Trinajstić information content (AvgIpc) is 3.36. The maximum Gasteiger partial charge on any atom is 0.226 e. The third-order valence-corrected chi connectivity index (χ3v) is 5.71.